The van der Waals surface area contributed by atoms with Crippen molar-refractivity contribution in [2.24, 2.45) is 11.8 Å². The number of pyridine rings is 1. The van der Waals surface area contributed by atoms with E-state index in [1.807, 2.05) is 0 Å². The van der Waals surface area contributed by atoms with Crippen LogP contribution < -0.4 is 10.9 Å². The molecule has 6 nitrogen and oxygen atoms in total. The first kappa shape index (κ1) is 24.3. The third-order valence-electron chi connectivity index (χ3n) is 7.31. The number of carbonyl (C=O) groups excluding carboxylic acids is 1. The molecule has 0 spiro atoms. The Morgan fingerprint density at radius 3 is 2.58 bits per heavy atom. The highest BCUT2D eigenvalue weighted by molar-refractivity contribution is 5.82. The molecule has 1 saturated heterocycles. The zero-order chi connectivity index (χ0) is 25.6. The van der Waals surface area contributed by atoms with Gasteiger partial charge in [0, 0.05) is 54.9 Å². The summed E-state index contributed by atoms with van der Waals surface area (Å²) in [6.07, 6.45) is 0. The Morgan fingerprint density at radius 2 is 1.86 bits per heavy atom. The van der Waals surface area contributed by atoms with Crippen LogP contribution in [0.4, 0.5) is 13.2 Å². The van der Waals surface area contributed by atoms with Crippen molar-refractivity contribution >= 4 is 5.91 Å². The van der Waals surface area contributed by atoms with Crippen LogP contribution in [0.3, 0.4) is 0 Å². The molecule has 2 N–H and O–H groups in total. The van der Waals surface area contributed by atoms with E-state index in [4.69, 9.17) is 0 Å². The normalized spacial score (nSPS) is 22.9. The minimum Gasteiger partial charge on any atom is -0.396 e. The van der Waals surface area contributed by atoms with Gasteiger partial charge in [-0.15, -0.1) is 0 Å². The van der Waals surface area contributed by atoms with Crippen LogP contribution in [0.1, 0.15) is 24.2 Å². The predicted octanol–water partition coefficient (Wildman–Crippen LogP) is 3.23. The highest BCUT2D eigenvalue weighted by Crippen LogP contribution is 2.50. The summed E-state index contributed by atoms with van der Waals surface area (Å²) in [5.74, 6) is -2.81. The average molecular weight is 498 g/mol. The standard InChI is InChI=1S/C27H26F3N3O3/c1-2-31-26(35)25-21(14-34)20-13-32-23(9-7-19(27(32)36)15-4-3-5-17(28)10-15)24(20)33(25)12-16-11-18(29)6-8-22(16)30/h3-11,20-21,24-25,34H,2,12-14H2,1H3,(H,31,35)/t20-,21-,24+,25-/m0/s1. The number of benzene rings is 2. The van der Waals surface area contributed by atoms with Gasteiger partial charge in [0.15, 0.2) is 0 Å². The Morgan fingerprint density at radius 1 is 1.08 bits per heavy atom. The second-order valence-electron chi connectivity index (χ2n) is 9.30. The van der Waals surface area contributed by atoms with Crippen LogP contribution in [0.15, 0.2) is 59.4 Å². The summed E-state index contributed by atoms with van der Waals surface area (Å²) < 4.78 is 44.0. The molecule has 3 aromatic rings. The number of fused-ring (bicyclic) bond motifs is 3. The Bertz CT molecular complexity index is 1380. The summed E-state index contributed by atoms with van der Waals surface area (Å²) in [6, 6.07) is 11.1. The van der Waals surface area contributed by atoms with E-state index in [0.29, 0.717) is 23.4 Å². The van der Waals surface area contributed by atoms with E-state index in [1.165, 1.54) is 18.2 Å². The van der Waals surface area contributed by atoms with Crippen LogP contribution in [0, 0.1) is 29.3 Å². The zero-order valence-electron chi connectivity index (χ0n) is 19.6. The lowest BCUT2D eigenvalue weighted by Crippen LogP contribution is -2.48. The molecule has 188 valence electrons. The molecular formula is C27H26F3N3O3. The van der Waals surface area contributed by atoms with Crippen LogP contribution >= 0.6 is 0 Å². The summed E-state index contributed by atoms with van der Waals surface area (Å²) in [4.78, 5) is 28.3. The highest BCUT2D eigenvalue weighted by Gasteiger charge is 2.55. The second-order valence-corrected chi connectivity index (χ2v) is 9.30. The first-order chi connectivity index (χ1) is 17.3. The van der Waals surface area contributed by atoms with E-state index < -0.39 is 35.5 Å². The molecule has 0 radical (unpaired) electrons. The lowest BCUT2D eigenvalue weighted by Gasteiger charge is -2.31. The molecule has 1 amide bonds. The second kappa shape index (κ2) is 9.55. The van der Waals surface area contributed by atoms with Gasteiger partial charge in [-0.1, -0.05) is 12.1 Å². The van der Waals surface area contributed by atoms with Gasteiger partial charge in [0.2, 0.25) is 5.91 Å². The molecule has 1 fully saturated rings. The van der Waals surface area contributed by atoms with E-state index in [-0.39, 0.29) is 42.6 Å². The van der Waals surface area contributed by atoms with Gasteiger partial charge in [-0.25, -0.2) is 13.2 Å². The lowest BCUT2D eigenvalue weighted by molar-refractivity contribution is -0.127. The van der Waals surface area contributed by atoms with Crippen molar-refractivity contribution in [3.63, 3.8) is 0 Å². The van der Waals surface area contributed by atoms with Gasteiger partial charge in [0.25, 0.3) is 5.56 Å². The molecule has 0 bridgehead atoms. The number of aliphatic hydroxyl groups excluding tert-OH is 1. The average Bonchev–Trinajstić information content (AvgIpc) is 3.37. The van der Waals surface area contributed by atoms with Crippen molar-refractivity contribution in [1.82, 2.24) is 14.8 Å². The van der Waals surface area contributed by atoms with Crippen LogP contribution in [0.25, 0.3) is 11.1 Å². The molecule has 3 heterocycles. The molecular weight excluding hydrogens is 471 g/mol. The number of hydrogen-bond acceptors (Lipinski definition) is 4. The Balaban J connectivity index is 1.61. The number of rotatable bonds is 6. The van der Waals surface area contributed by atoms with Crippen molar-refractivity contribution in [3.8, 4) is 11.1 Å². The number of hydrogen-bond donors (Lipinski definition) is 2. The maximum atomic E-state index is 14.6. The summed E-state index contributed by atoms with van der Waals surface area (Å²) in [6.45, 7) is 2.00. The van der Waals surface area contributed by atoms with Gasteiger partial charge in [-0.2, -0.15) is 0 Å². The number of likely N-dealkylation sites (N-methyl/N-ethyl adjacent to an activating group) is 1. The van der Waals surface area contributed by atoms with Crippen molar-refractivity contribution in [2.45, 2.75) is 32.1 Å². The minimum atomic E-state index is -0.792. The van der Waals surface area contributed by atoms with Gasteiger partial charge in [-0.05, 0) is 55.0 Å². The van der Waals surface area contributed by atoms with Gasteiger partial charge < -0.3 is 15.0 Å². The lowest BCUT2D eigenvalue weighted by atomic mass is 9.88. The molecule has 2 aromatic carbocycles. The third-order valence-corrected chi connectivity index (χ3v) is 7.31. The molecule has 4 atom stereocenters. The minimum absolute atomic E-state index is 0.0805. The Labute approximate surface area is 206 Å². The SMILES string of the molecule is CCNC(=O)[C@@H]1[C@@H](CO)[C@@H]2Cn3c(ccc(-c4cccc(F)c4)c3=O)[C@@H]2N1Cc1cc(F)ccc1F. The number of aliphatic hydroxyl groups is 1. The fourth-order valence-corrected chi connectivity index (χ4v) is 5.80. The van der Waals surface area contributed by atoms with Crippen LogP contribution in [0.5, 0.6) is 0 Å². The summed E-state index contributed by atoms with van der Waals surface area (Å²) >= 11 is 0. The van der Waals surface area contributed by atoms with Crippen LogP contribution in [0.2, 0.25) is 0 Å². The van der Waals surface area contributed by atoms with Crippen molar-refractivity contribution in [1.29, 1.82) is 0 Å². The molecule has 5 rings (SSSR count). The number of amides is 1. The third kappa shape index (κ3) is 4.02. The first-order valence-corrected chi connectivity index (χ1v) is 11.9. The Kier molecular flexibility index (Phi) is 6.44. The number of aromatic nitrogens is 1. The van der Waals surface area contributed by atoms with Crippen LogP contribution in [-0.4, -0.2) is 39.7 Å². The van der Waals surface area contributed by atoms with Gasteiger partial charge in [0.1, 0.15) is 17.5 Å². The number of likely N-dealkylation sites (tertiary alicyclic amines) is 1. The quantitative estimate of drug-likeness (QED) is 0.549. The molecule has 0 saturated carbocycles. The van der Waals surface area contributed by atoms with Gasteiger partial charge in [-0.3, -0.25) is 14.5 Å². The fourth-order valence-electron chi connectivity index (χ4n) is 5.80. The predicted molar refractivity (Wildman–Crippen MR) is 127 cm³/mol. The molecule has 36 heavy (non-hydrogen) atoms. The summed E-state index contributed by atoms with van der Waals surface area (Å²) in [5.41, 5.74) is 1.17. The summed E-state index contributed by atoms with van der Waals surface area (Å²) in [7, 11) is 0. The number of nitrogens with one attached hydrogen (secondary N) is 1. The van der Waals surface area contributed by atoms with Gasteiger partial charge >= 0.3 is 0 Å². The van der Waals surface area contributed by atoms with E-state index in [1.54, 1.807) is 34.6 Å². The van der Waals surface area contributed by atoms with E-state index in [9.17, 15) is 27.9 Å². The maximum Gasteiger partial charge on any atom is 0.258 e. The van der Waals surface area contributed by atoms with E-state index in [2.05, 4.69) is 5.32 Å². The molecule has 0 unspecified atom stereocenters. The number of carbonyl (C=O) groups is 1. The van der Waals surface area contributed by atoms with E-state index in [0.717, 1.165) is 18.2 Å². The van der Waals surface area contributed by atoms with Crippen molar-refractivity contribution in [3.05, 3.63) is 93.7 Å². The highest BCUT2D eigenvalue weighted by atomic mass is 19.1. The first-order valence-electron chi connectivity index (χ1n) is 11.9. The smallest absolute Gasteiger partial charge is 0.258 e. The molecule has 1 aromatic heterocycles. The number of nitrogens with zero attached hydrogens (tertiary/aromatic N) is 2. The largest absolute Gasteiger partial charge is 0.396 e. The van der Waals surface area contributed by atoms with E-state index >= 15 is 0 Å². The maximum absolute atomic E-state index is 14.6. The van der Waals surface area contributed by atoms with Gasteiger partial charge in [0.05, 0.1) is 12.1 Å². The van der Waals surface area contributed by atoms with Crippen LogP contribution in [-0.2, 0) is 17.9 Å². The monoisotopic (exact) mass is 497 g/mol. The topological polar surface area (TPSA) is 74.6 Å². The van der Waals surface area contributed by atoms with Crippen molar-refractivity contribution < 1.29 is 23.1 Å². The fraction of sp³-hybridized carbons (Fsp3) is 0.333. The zero-order valence-corrected chi connectivity index (χ0v) is 19.6. The summed E-state index contributed by atoms with van der Waals surface area (Å²) in [5, 5.41) is 13.1. The number of halogens is 3. The Hall–Kier alpha value is -3.43. The molecule has 9 heteroatoms. The molecule has 2 aliphatic rings. The molecule has 2 aliphatic heterocycles. The molecule has 0 aliphatic carbocycles. The van der Waals surface area contributed by atoms with Crippen molar-refractivity contribution in [2.75, 3.05) is 13.2 Å².